The van der Waals surface area contributed by atoms with Crippen LogP contribution in [0.5, 0.6) is 0 Å². The fraction of sp³-hybridized carbons (Fsp3) is 0.750. The van der Waals surface area contributed by atoms with Gasteiger partial charge in [-0.2, -0.15) is 10.2 Å². The van der Waals surface area contributed by atoms with Crippen LogP contribution >= 0.6 is 0 Å². The molecule has 0 N–H and O–H groups in total. The quantitative estimate of drug-likeness (QED) is 0.489. The molecule has 1 aliphatic rings. The van der Waals surface area contributed by atoms with Crippen molar-refractivity contribution in [3.8, 4) is 0 Å². The van der Waals surface area contributed by atoms with Gasteiger partial charge in [-0.3, -0.25) is 0 Å². The molecule has 0 bridgehead atoms. The molecule has 1 atom stereocenters. The van der Waals surface area contributed by atoms with Gasteiger partial charge < -0.3 is 0 Å². The van der Waals surface area contributed by atoms with Crippen LogP contribution in [0, 0.1) is 5.92 Å². The Balaban J connectivity index is 2.36. The van der Waals surface area contributed by atoms with E-state index < -0.39 is 17.5 Å². The number of hydrogen-bond acceptors (Lipinski definition) is 6. The van der Waals surface area contributed by atoms with Gasteiger partial charge in [-0.25, -0.2) is 19.4 Å². The zero-order valence-electron chi connectivity index (χ0n) is 8.31. The van der Waals surface area contributed by atoms with Crippen molar-refractivity contribution in [2.75, 3.05) is 6.54 Å². The molecule has 0 saturated heterocycles. The number of carbonyl (C=O) groups is 2. The second-order valence-corrected chi connectivity index (χ2v) is 3.60. The summed E-state index contributed by atoms with van der Waals surface area (Å²) >= 11 is 0. The number of nitrogens with zero attached hydrogens (tertiary/aromatic N) is 2. The van der Waals surface area contributed by atoms with E-state index in [1.165, 1.54) is 0 Å². The summed E-state index contributed by atoms with van der Waals surface area (Å²) in [7, 11) is 0. The molecule has 0 amide bonds. The lowest BCUT2D eigenvalue weighted by Crippen LogP contribution is -2.43. The smallest absolute Gasteiger partial charge is 0.247 e. The molecular weight excluding hydrogens is 188 g/mol. The van der Waals surface area contributed by atoms with Gasteiger partial charge in [0.25, 0.3) is 0 Å². The highest BCUT2D eigenvalue weighted by Crippen LogP contribution is 2.22. The van der Waals surface area contributed by atoms with Crippen molar-refractivity contribution in [1.29, 1.82) is 0 Å². The van der Waals surface area contributed by atoms with Gasteiger partial charge in [0, 0.05) is 0 Å². The summed E-state index contributed by atoms with van der Waals surface area (Å²) < 4.78 is 0. The lowest BCUT2D eigenvalue weighted by atomic mass is 10.0. The maximum Gasteiger partial charge on any atom is 0.386 e. The van der Waals surface area contributed by atoms with E-state index >= 15 is 0 Å². The van der Waals surface area contributed by atoms with Gasteiger partial charge in [-0.15, -0.1) is 0 Å². The topological polar surface area (TPSA) is 77.3 Å². The molecule has 0 aromatic rings. The first-order valence-corrected chi connectivity index (χ1v) is 4.27. The van der Waals surface area contributed by atoms with Crippen molar-refractivity contribution in [3.63, 3.8) is 0 Å². The zero-order valence-corrected chi connectivity index (χ0v) is 8.31. The maximum absolute atomic E-state index is 11.2. The van der Waals surface area contributed by atoms with E-state index in [1.807, 2.05) is 0 Å². The van der Waals surface area contributed by atoms with Crippen LogP contribution in [-0.2, 0) is 19.4 Å². The Hall–Kier alpha value is -1.46. The van der Waals surface area contributed by atoms with Gasteiger partial charge in [0.15, 0.2) is 0 Å². The monoisotopic (exact) mass is 200 g/mol. The van der Waals surface area contributed by atoms with Crippen LogP contribution in [0.15, 0.2) is 10.2 Å². The third-order valence-electron chi connectivity index (χ3n) is 1.78. The van der Waals surface area contributed by atoms with E-state index in [0.717, 1.165) is 0 Å². The SMILES string of the molecule is CC(C)C(=O)OOC(=O)C1(C)CN=N1. The summed E-state index contributed by atoms with van der Waals surface area (Å²) in [6, 6.07) is 0. The summed E-state index contributed by atoms with van der Waals surface area (Å²) in [6.07, 6.45) is 0. The zero-order chi connectivity index (χ0) is 10.8. The minimum absolute atomic E-state index is 0.269. The standard InChI is InChI=1S/C8H12N2O4/c1-5(2)6(11)13-14-7(12)8(3)4-9-10-8/h5H,4H2,1-3H3. The average Bonchev–Trinajstić information content (AvgIpc) is 2.09. The second kappa shape index (κ2) is 3.73. The van der Waals surface area contributed by atoms with Crippen LogP contribution in [-0.4, -0.2) is 24.0 Å². The van der Waals surface area contributed by atoms with Crippen molar-refractivity contribution in [2.24, 2.45) is 16.1 Å². The van der Waals surface area contributed by atoms with Gasteiger partial charge in [-0.05, 0) is 6.92 Å². The molecule has 1 unspecified atom stereocenters. The minimum atomic E-state index is -0.975. The van der Waals surface area contributed by atoms with Crippen LogP contribution in [0.2, 0.25) is 0 Å². The van der Waals surface area contributed by atoms with E-state index in [0.29, 0.717) is 0 Å². The third-order valence-corrected chi connectivity index (χ3v) is 1.78. The first kappa shape index (κ1) is 10.6. The molecule has 0 aromatic carbocycles. The van der Waals surface area contributed by atoms with Crippen molar-refractivity contribution < 1.29 is 19.4 Å². The lowest BCUT2D eigenvalue weighted by Gasteiger charge is -2.23. The van der Waals surface area contributed by atoms with Crippen LogP contribution in [0.1, 0.15) is 20.8 Å². The lowest BCUT2D eigenvalue weighted by molar-refractivity contribution is -0.265. The Bertz CT molecular complexity index is 287. The number of rotatable bonds is 2. The van der Waals surface area contributed by atoms with Crippen molar-refractivity contribution >= 4 is 11.9 Å². The minimum Gasteiger partial charge on any atom is -0.247 e. The molecule has 0 spiro atoms. The van der Waals surface area contributed by atoms with E-state index in [9.17, 15) is 9.59 Å². The molecular formula is C8H12N2O4. The van der Waals surface area contributed by atoms with Crippen LogP contribution in [0.25, 0.3) is 0 Å². The van der Waals surface area contributed by atoms with E-state index in [2.05, 4.69) is 20.0 Å². The highest BCUT2D eigenvalue weighted by Gasteiger charge is 2.42. The summed E-state index contributed by atoms with van der Waals surface area (Å²) in [5.74, 6) is -1.61. The van der Waals surface area contributed by atoms with Crippen molar-refractivity contribution in [2.45, 2.75) is 26.3 Å². The molecule has 78 valence electrons. The Labute approximate surface area is 81.2 Å². The molecule has 0 radical (unpaired) electrons. The molecule has 0 aromatic heterocycles. The first-order valence-electron chi connectivity index (χ1n) is 4.27. The Kier molecular flexibility index (Phi) is 2.83. The van der Waals surface area contributed by atoms with E-state index in [-0.39, 0.29) is 12.5 Å². The normalized spacial score (nSPS) is 24.3. The maximum atomic E-state index is 11.2. The molecule has 1 rings (SSSR count). The third kappa shape index (κ3) is 2.07. The van der Waals surface area contributed by atoms with Gasteiger partial charge in [0.2, 0.25) is 5.54 Å². The molecule has 1 aliphatic heterocycles. The Morgan fingerprint density at radius 1 is 1.36 bits per heavy atom. The fourth-order valence-corrected chi connectivity index (χ4v) is 0.653. The summed E-state index contributed by atoms with van der Waals surface area (Å²) in [4.78, 5) is 30.8. The van der Waals surface area contributed by atoms with E-state index in [4.69, 9.17) is 0 Å². The molecule has 0 aliphatic carbocycles. The summed E-state index contributed by atoms with van der Waals surface area (Å²) in [5, 5.41) is 7.12. The van der Waals surface area contributed by atoms with Crippen molar-refractivity contribution in [3.05, 3.63) is 0 Å². The van der Waals surface area contributed by atoms with Crippen LogP contribution in [0.3, 0.4) is 0 Å². The van der Waals surface area contributed by atoms with Gasteiger partial charge in [-0.1, -0.05) is 13.8 Å². The second-order valence-electron chi connectivity index (χ2n) is 3.60. The average molecular weight is 200 g/mol. The van der Waals surface area contributed by atoms with Gasteiger partial charge in [0.1, 0.15) is 0 Å². The highest BCUT2D eigenvalue weighted by atomic mass is 17.2. The van der Waals surface area contributed by atoms with Gasteiger partial charge in [0.05, 0.1) is 12.5 Å². The Morgan fingerprint density at radius 3 is 2.29 bits per heavy atom. The number of carbonyl (C=O) groups excluding carboxylic acids is 2. The molecule has 6 heteroatoms. The molecule has 6 nitrogen and oxygen atoms in total. The molecule has 0 saturated carbocycles. The fourth-order valence-electron chi connectivity index (χ4n) is 0.653. The highest BCUT2D eigenvalue weighted by molar-refractivity contribution is 5.82. The van der Waals surface area contributed by atoms with E-state index in [1.54, 1.807) is 20.8 Å². The van der Waals surface area contributed by atoms with Gasteiger partial charge >= 0.3 is 11.9 Å². The predicted octanol–water partition coefficient (Wildman–Crippen LogP) is 0.868. The Morgan fingerprint density at radius 2 is 1.93 bits per heavy atom. The predicted molar refractivity (Wildman–Crippen MR) is 45.2 cm³/mol. The summed E-state index contributed by atoms with van der Waals surface area (Å²) in [5.41, 5.74) is -0.975. The molecule has 0 fully saturated rings. The largest absolute Gasteiger partial charge is 0.386 e. The summed E-state index contributed by atoms with van der Waals surface area (Å²) in [6.45, 7) is 5.11. The molecule has 1 heterocycles. The number of hydrogen-bond donors (Lipinski definition) is 0. The van der Waals surface area contributed by atoms with Crippen LogP contribution in [0.4, 0.5) is 0 Å². The first-order chi connectivity index (χ1) is 6.46. The molecule has 14 heavy (non-hydrogen) atoms. The number of azo groups is 1. The van der Waals surface area contributed by atoms with Crippen LogP contribution < -0.4 is 0 Å². The van der Waals surface area contributed by atoms with Crippen molar-refractivity contribution in [1.82, 2.24) is 0 Å².